The first kappa shape index (κ1) is 16.4. The molecule has 120 valence electrons. The summed E-state index contributed by atoms with van der Waals surface area (Å²) >= 11 is 2.16. The highest BCUT2D eigenvalue weighted by Gasteiger charge is 2.17. The molecule has 3 rings (SSSR count). The van der Waals surface area contributed by atoms with Crippen LogP contribution in [0.5, 0.6) is 0 Å². The lowest BCUT2D eigenvalue weighted by atomic mass is 10.2. The maximum atomic E-state index is 12.7. The van der Waals surface area contributed by atoms with Gasteiger partial charge in [0.25, 0.3) is 11.5 Å². The van der Waals surface area contributed by atoms with Crippen molar-refractivity contribution in [1.29, 1.82) is 0 Å². The van der Waals surface area contributed by atoms with Gasteiger partial charge in [-0.25, -0.2) is 4.79 Å². The van der Waals surface area contributed by atoms with Crippen LogP contribution in [-0.2, 0) is 0 Å². The third kappa shape index (κ3) is 2.96. The molecule has 0 saturated heterocycles. The quantitative estimate of drug-likeness (QED) is 0.586. The molecule has 0 radical (unpaired) electrons. The molecule has 0 fully saturated rings. The summed E-state index contributed by atoms with van der Waals surface area (Å²) in [4.78, 5) is 37.7. The van der Waals surface area contributed by atoms with Crippen molar-refractivity contribution in [2.75, 3.05) is 0 Å². The summed E-state index contributed by atoms with van der Waals surface area (Å²) < 4.78 is 3.02. The predicted octanol–water partition coefficient (Wildman–Crippen LogP) is 2.60. The Bertz CT molecular complexity index is 1020. The molecule has 0 amide bonds. The molecule has 5 nitrogen and oxygen atoms in total. The van der Waals surface area contributed by atoms with Gasteiger partial charge in [0.2, 0.25) is 0 Å². The van der Waals surface area contributed by atoms with Gasteiger partial charge >= 0.3 is 5.69 Å². The topological polar surface area (TPSA) is 61.1 Å². The number of hydrogen-bond donors (Lipinski definition) is 0. The zero-order valence-electron chi connectivity index (χ0n) is 12.8. The second kappa shape index (κ2) is 6.56. The number of aromatic nitrogens is 2. The number of halogens is 1. The van der Waals surface area contributed by atoms with Crippen molar-refractivity contribution in [3.8, 4) is 5.69 Å². The molecule has 0 saturated carbocycles. The molecule has 3 aromatic rings. The van der Waals surface area contributed by atoms with E-state index in [1.165, 1.54) is 10.8 Å². The summed E-state index contributed by atoms with van der Waals surface area (Å²) in [6, 6.07) is 15.5. The van der Waals surface area contributed by atoms with Crippen LogP contribution in [0.3, 0.4) is 0 Å². The number of hydrogen-bond acceptors (Lipinski definition) is 3. The maximum absolute atomic E-state index is 12.7. The van der Waals surface area contributed by atoms with Gasteiger partial charge in [-0.2, -0.15) is 4.57 Å². The van der Waals surface area contributed by atoms with Crippen molar-refractivity contribution in [2.45, 2.75) is 6.92 Å². The Morgan fingerprint density at radius 3 is 2.21 bits per heavy atom. The number of rotatable bonds is 2. The zero-order chi connectivity index (χ0) is 17.3. The minimum atomic E-state index is -0.680. The molecule has 0 aliphatic heterocycles. The zero-order valence-corrected chi connectivity index (χ0v) is 14.9. The molecule has 1 aromatic heterocycles. The Hall–Kier alpha value is -2.48. The molecular formula is C18H13IN2O3. The molecule has 2 aromatic carbocycles. The van der Waals surface area contributed by atoms with Crippen LogP contribution in [0.25, 0.3) is 5.69 Å². The molecule has 24 heavy (non-hydrogen) atoms. The van der Waals surface area contributed by atoms with E-state index in [1.54, 1.807) is 49.4 Å². The van der Waals surface area contributed by atoms with Crippen LogP contribution >= 0.6 is 22.6 Å². The van der Waals surface area contributed by atoms with Gasteiger partial charge in [-0.15, -0.1) is 0 Å². The lowest BCUT2D eigenvalue weighted by Crippen LogP contribution is -2.44. The molecule has 1 heterocycles. The first-order valence-corrected chi connectivity index (χ1v) is 8.28. The average molecular weight is 432 g/mol. The fraction of sp³-hybridized carbons (Fsp3) is 0.0556. The molecule has 0 bridgehead atoms. The van der Waals surface area contributed by atoms with Crippen molar-refractivity contribution < 1.29 is 4.79 Å². The van der Waals surface area contributed by atoms with Gasteiger partial charge in [0, 0.05) is 20.9 Å². The Labute approximate surface area is 151 Å². The summed E-state index contributed by atoms with van der Waals surface area (Å²) in [6.07, 6.45) is 1.46. The molecule has 0 spiro atoms. The van der Waals surface area contributed by atoms with E-state index in [2.05, 4.69) is 22.6 Å². The second-order valence-electron chi connectivity index (χ2n) is 5.25. The van der Waals surface area contributed by atoms with Crippen LogP contribution in [0.15, 0.2) is 70.4 Å². The summed E-state index contributed by atoms with van der Waals surface area (Å²) in [6.45, 7) is 1.58. The van der Waals surface area contributed by atoms with E-state index in [9.17, 15) is 14.4 Å². The van der Waals surface area contributed by atoms with Crippen LogP contribution < -0.4 is 11.2 Å². The Balaban J connectivity index is 2.24. The minimum absolute atomic E-state index is 0.288. The van der Waals surface area contributed by atoms with Crippen LogP contribution in [-0.4, -0.2) is 15.0 Å². The number of carbonyl (C=O) groups excluding carboxylic acids is 1. The van der Waals surface area contributed by atoms with Crippen LogP contribution in [0.2, 0.25) is 0 Å². The fourth-order valence-corrected chi connectivity index (χ4v) is 2.71. The van der Waals surface area contributed by atoms with Gasteiger partial charge in [-0.1, -0.05) is 18.2 Å². The van der Waals surface area contributed by atoms with E-state index in [4.69, 9.17) is 0 Å². The Morgan fingerprint density at radius 1 is 0.958 bits per heavy atom. The highest BCUT2D eigenvalue weighted by atomic mass is 127. The third-order valence-electron chi connectivity index (χ3n) is 3.59. The van der Waals surface area contributed by atoms with E-state index >= 15 is 0 Å². The Morgan fingerprint density at radius 2 is 1.58 bits per heavy atom. The largest absolute Gasteiger partial charge is 0.342 e. The van der Waals surface area contributed by atoms with Gasteiger partial charge in [0.05, 0.1) is 5.69 Å². The van der Waals surface area contributed by atoms with E-state index in [0.29, 0.717) is 15.8 Å². The van der Waals surface area contributed by atoms with E-state index in [1.807, 2.05) is 12.1 Å². The fourth-order valence-electron chi connectivity index (χ4n) is 2.35. The van der Waals surface area contributed by atoms with E-state index in [0.717, 1.165) is 3.57 Å². The summed E-state index contributed by atoms with van der Waals surface area (Å²) in [5, 5.41) is 0. The minimum Gasteiger partial charge on any atom is -0.269 e. The lowest BCUT2D eigenvalue weighted by molar-refractivity contribution is 0.0949. The summed E-state index contributed by atoms with van der Waals surface area (Å²) in [5.74, 6) is -0.631. The summed E-state index contributed by atoms with van der Waals surface area (Å²) in [7, 11) is 0. The first-order chi connectivity index (χ1) is 11.5. The van der Waals surface area contributed by atoms with Gasteiger partial charge < -0.3 is 0 Å². The van der Waals surface area contributed by atoms with E-state index < -0.39 is 17.2 Å². The molecule has 0 unspecified atom stereocenters. The number of carbonyl (C=O) groups is 1. The number of nitrogens with zero attached hydrogens (tertiary/aromatic N) is 2. The smallest absolute Gasteiger partial charge is 0.269 e. The maximum Gasteiger partial charge on any atom is 0.342 e. The molecule has 0 atom stereocenters. The van der Waals surface area contributed by atoms with Crippen molar-refractivity contribution >= 4 is 28.5 Å². The normalized spacial score (nSPS) is 10.6. The average Bonchev–Trinajstić information content (AvgIpc) is 2.60. The van der Waals surface area contributed by atoms with Crippen molar-refractivity contribution in [3.05, 3.63) is 96.3 Å². The van der Waals surface area contributed by atoms with Crippen LogP contribution in [0.4, 0.5) is 0 Å². The second-order valence-corrected chi connectivity index (χ2v) is 6.50. The first-order valence-electron chi connectivity index (χ1n) is 7.20. The number of aryl methyl sites for hydroxylation is 1. The highest BCUT2D eigenvalue weighted by Crippen LogP contribution is 2.10. The van der Waals surface area contributed by atoms with Crippen LogP contribution in [0, 0.1) is 10.5 Å². The SMILES string of the molecule is Cc1cn(-c2ccc(I)cc2)c(=O)n(C(=O)c2ccccc2)c1=O. The third-order valence-corrected chi connectivity index (χ3v) is 4.31. The molecular weight excluding hydrogens is 419 g/mol. The van der Waals surface area contributed by atoms with Crippen molar-refractivity contribution in [1.82, 2.24) is 9.13 Å². The van der Waals surface area contributed by atoms with Gasteiger partial charge in [-0.05, 0) is 65.9 Å². The van der Waals surface area contributed by atoms with Gasteiger partial charge in [0.1, 0.15) is 0 Å². The van der Waals surface area contributed by atoms with Crippen LogP contribution in [0.1, 0.15) is 15.9 Å². The Kier molecular flexibility index (Phi) is 4.48. The predicted molar refractivity (Wildman–Crippen MR) is 99.9 cm³/mol. The standard InChI is InChI=1S/C18H13IN2O3/c1-12-11-20(15-9-7-14(19)8-10-15)18(24)21(16(12)22)17(23)13-5-3-2-4-6-13/h2-11H,1H3. The lowest BCUT2D eigenvalue weighted by Gasteiger charge is -2.11. The molecule has 0 N–H and O–H groups in total. The molecule has 0 aliphatic carbocycles. The monoisotopic (exact) mass is 432 g/mol. The van der Waals surface area contributed by atoms with Gasteiger partial charge in [0.15, 0.2) is 0 Å². The highest BCUT2D eigenvalue weighted by molar-refractivity contribution is 14.1. The molecule has 0 aliphatic rings. The number of benzene rings is 2. The molecule has 6 heteroatoms. The van der Waals surface area contributed by atoms with Gasteiger partial charge in [-0.3, -0.25) is 14.2 Å². The van der Waals surface area contributed by atoms with Crippen molar-refractivity contribution in [2.24, 2.45) is 0 Å². The van der Waals surface area contributed by atoms with E-state index in [-0.39, 0.29) is 5.56 Å². The van der Waals surface area contributed by atoms with Crippen molar-refractivity contribution in [3.63, 3.8) is 0 Å². The summed E-state index contributed by atoms with van der Waals surface area (Å²) in [5.41, 5.74) is -0.0803.